The molecule has 1 fully saturated rings. The van der Waals surface area contributed by atoms with Crippen LogP contribution in [0, 0.1) is 0 Å². The summed E-state index contributed by atoms with van der Waals surface area (Å²) in [5.74, 6) is -0.700. The van der Waals surface area contributed by atoms with Gasteiger partial charge >= 0.3 is 10.4 Å². The van der Waals surface area contributed by atoms with Gasteiger partial charge in [0.15, 0.2) is 6.29 Å². The first-order chi connectivity index (χ1) is 29.4. The molecule has 8 atom stereocenters. The van der Waals surface area contributed by atoms with Crippen molar-refractivity contribution in [1.82, 2.24) is 5.32 Å². The summed E-state index contributed by atoms with van der Waals surface area (Å²) < 4.78 is 47.5. The lowest BCUT2D eigenvalue weighted by Gasteiger charge is -2.41. The molecular formula is C47H91NO12S. The standard InChI is InChI=1S/C47H91NO12S/c1-3-5-7-9-11-13-15-16-17-18-19-20-21-22-23-24-25-26-28-30-32-34-36-41(51)46(54)48-39(40(50)35-33-31-29-27-14-12-10-8-6-4-2)38-58-47-44(53)45(60-61(55,56)57)43(52)42(37-49)59-47/h33,35,39-45,47,49-53H,3-32,34,36-38H2,1-2H3,(H,48,54)(H,55,56,57)/b35-33+. The van der Waals surface area contributed by atoms with E-state index < -0.39 is 78.5 Å². The first-order valence-electron chi connectivity index (χ1n) is 24.7. The molecule has 14 heteroatoms. The van der Waals surface area contributed by atoms with E-state index in [1.807, 2.05) is 6.08 Å². The summed E-state index contributed by atoms with van der Waals surface area (Å²) in [6, 6.07) is -1.11. The van der Waals surface area contributed by atoms with Crippen molar-refractivity contribution >= 4 is 16.3 Å². The lowest BCUT2D eigenvalue weighted by Crippen LogP contribution is -2.61. The molecule has 1 heterocycles. The van der Waals surface area contributed by atoms with E-state index in [2.05, 4.69) is 23.3 Å². The van der Waals surface area contributed by atoms with Gasteiger partial charge in [0.25, 0.3) is 0 Å². The van der Waals surface area contributed by atoms with E-state index in [4.69, 9.17) is 9.47 Å². The highest BCUT2D eigenvalue weighted by Gasteiger charge is 2.48. The zero-order valence-corrected chi connectivity index (χ0v) is 39.2. The second-order valence-corrected chi connectivity index (χ2v) is 18.6. The fourth-order valence-electron chi connectivity index (χ4n) is 7.99. The number of amides is 1. The van der Waals surface area contributed by atoms with Crippen molar-refractivity contribution < 1.29 is 57.0 Å². The van der Waals surface area contributed by atoms with Crippen LogP contribution in [0.5, 0.6) is 0 Å². The number of hydrogen-bond acceptors (Lipinski definition) is 11. The molecule has 0 aromatic carbocycles. The molecule has 0 aromatic rings. The van der Waals surface area contributed by atoms with Gasteiger partial charge in [0.05, 0.1) is 25.4 Å². The van der Waals surface area contributed by atoms with Crippen LogP contribution in [0.4, 0.5) is 0 Å². The molecule has 1 rings (SSSR count). The van der Waals surface area contributed by atoms with E-state index in [0.717, 1.165) is 38.5 Å². The second kappa shape index (κ2) is 38.1. The number of carbonyl (C=O) groups excluding carboxylic acids is 1. The van der Waals surface area contributed by atoms with E-state index >= 15 is 0 Å². The van der Waals surface area contributed by atoms with Gasteiger partial charge in [0.2, 0.25) is 5.91 Å². The SMILES string of the molecule is CCCCCCCCCC/C=C/C(O)C(COC1OC(CO)C(O)C(OS(=O)(=O)O)C1O)NC(=O)C(O)CCCCCCCCCCCCCCCCCCCCCCCC. The van der Waals surface area contributed by atoms with Gasteiger partial charge in [-0.25, -0.2) is 4.18 Å². The smallest absolute Gasteiger partial charge is 0.394 e. The quantitative estimate of drug-likeness (QED) is 0.0174. The third-order valence-electron chi connectivity index (χ3n) is 11.9. The number of nitrogens with one attached hydrogen (secondary N) is 1. The zero-order valence-electron chi connectivity index (χ0n) is 38.4. The van der Waals surface area contributed by atoms with Crippen molar-refractivity contribution in [2.24, 2.45) is 0 Å². The maximum Gasteiger partial charge on any atom is 0.397 e. The fourth-order valence-corrected chi connectivity index (χ4v) is 8.50. The molecule has 1 saturated heterocycles. The van der Waals surface area contributed by atoms with Crippen LogP contribution in [0.25, 0.3) is 0 Å². The van der Waals surface area contributed by atoms with E-state index in [9.17, 15) is 43.3 Å². The molecule has 362 valence electrons. The van der Waals surface area contributed by atoms with Crippen LogP contribution in [0.1, 0.15) is 219 Å². The molecule has 0 spiro atoms. The topological polar surface area (TPSA) is 212 Å². The van der Waals surface area contributed by atoms with Gasteiger partial charge in [0.1, 0.15) is 30.5 Å². The molecule has 8 unspecified atom stereocenters. The molecule has 1 aliphatic rings. The van der Waals surface area contributed by atoms with Gasteiger partial charge in [0, 0.05) is 0 Å². The molecular weight excluding hydrogens is 803 g/mol. The Morgan fingerprint density at radius 2 is 1.07 bits per heavy atom. The monoisotopic (exact) mass is 894 g/mol. The Kier molecular flexibility index (Phi) is 36.1. The maximum absolute atomic E-state index is 13.1. The Balaban J connectivity index is 2.43. The van der Waals surface area contributed by atoms with Crippen molar-refractivity contribution in [3.05, 3.63) is 12.2 Å². The molecule has 0 saturated carbocycles. The van der Waals surface area contributed by atoms with Crippen LogP contribution in [-0.2, 0) is 28.9 Å². The molecule has 1 aliphatic heterocycles. The number of hydrogen-bond donors (Lipinski definition) is 7. The largest absolute Gasteiger partial charge is 0.397 e. The van der Waals surface area contributed by atoms with Crippen LogP contribution in [-0.4, -0.2) is 107 Å². The van der Waals surface area contributed by atoms with Crippen LogP contribution >= 0.6 is 0 Å². The summed E-state index contributed by atoms with van der Waals surface area (Å²) in [5.41, 5.74) is 0. The molecule has 13 nitrogen and oxygen atoms in total. The van der Waals surface area contributed by atoms with Crippen molar-refractivity contribution in [2.45, 2.75) is 268 Å². The minimum Gasteiger partial charge on any atom is -0.394 e. The predicted octanol–water partition coefficient (Wildman–Crippen LogP) is 8.92. The molecule has 0 aliphatic carbocycles. The minimum absolute atomic E-state index is 0.248. The Hall–Kier alpha value is -1.20. The second-order valence-electron chi connectivity index (χ2n) is 17.6. The summed E-state index contributed by atoms with van der Waals surface area (Å²) >= 11 is 0. The minimum atomic E-state index is -5.11. The van der Waals surface area contributed by atoms with Crippen LogP contribution in [0.15, 0.2) is 12.2 Å². The maximum atomic E-state index is 13.1. The van der Waals surface area contributed by atoms with Gasteiger partial charge in [-0.3, -0.25) is 9.35 Å². The van der Waals surface area contributed by atoms with Crippen molar-refractivity contribution in [2.75, 3.05) is 13.2 Å². The molecule has 1 amide bonds. The Labute approximate surface area is 371 Å². The molecule has 0 aromatic heterocycles. The summed E-state index contributed by atoms with van der Waals surface area (Å²) in [7, 11) is -5.11. The van der Waals surface area contributed by atoms with Gasteiger partial charge < -0.3 is 40.3 Å². The summed E-state index contributed by atoms with van der Waals surface area (Å²) in [5, 5.41) is 55.1. The van der Waals surface area contributed by atoms with Gasteiger partial charge in [-0.05, 0) is 19.3 Å². The number of unbranched alkanes of at least 4 members (excludes halogenated alkanes) is 29. The number of ether oxygens (including phenoxy) is 2. The van der Waals surface area contributed by atoms with Gasteiger partial charge in [-0.2, -0.15) is 8.42 Å². The third kappa shape index (κ3) is 30.6. The van der Waals surface area contributed by atoms with Crippen molar-refractivity contribution in [1.29, 1.82) is 0 Å². The summed E-state index contributed by atoms with van der Waals surface area (Å²) in [6.07, 6.45) is 30.3. The van der Waals surface area contributed by atoms with Crippen LogP contribution in [0.2, 0.25) is 0 Å². The first-order valence-corrected chi connectivity index (χ1v) is 26.0. The first kappa shape index (κ1) is 57.8. The molecule has 0 radical (unpaired) electrons. The number of rotatable bonds is 42. The lowest BCUT2D eigenvalue weighted by molar-refractivity contribution is -0.298. The highest BCUT2D eigenvalue weighted by atomic mass is 32.3. The average molecular weight is 894 g/mol. The van der Waals surface area contributed by atoms with Crippen LogP contribution < -0.4 is 5.32 Å². The van der Waals surface area contributed by atoms with E-state index in [0.29, 0.717) is 12.8 Å². The van der Waals surface area contributed by atoms with Crippen LogP contribution in [0.3, 0.4) is 0 Å². The average Bonchev–Trinajstić information content (AvgIpc) is 3.23. The fraction of sp³-hybridized carbons (Fsp3) is 0.936. The molecule has 7 N–H and O–H groups in total. The lowest BCUT2D eigenvalue weighted by atomic mass is 9.99. The van der Waals surface area contributed by atoms with E-state index in [-0.39, 0.29) is 6.42 Å². The van der Waals surface area contributed by atoms with E-state index in [1.54, 1.807) is 0 Å². The Morgan fingerprint density at radius 1 is 0.656 bits per heavy atom. The number of aliphatic hydroxyl groups is 5. The highest BCUT2D eigenvalue weighted by Crippen LogP contribution is 2.26. The number of carbonyl (C=O) groups is 1. The zero-order chi connectivity index (χ0) is 45.0. The van der Waals surface area contributed by atoms with Crippen molar-refractivity contribution in [3.63, 3.8) is 0 Å². The predicted molar refractivity (Wildman–Crippen MR) is 242 cm³/mol. The summed E-state index contributed by atoms with van der Waals surface area (Å²) in [6.45, 7) is 3.20. The Morgan fingerprint density at radius 3 is 1.48 bits per heavy atom. The van der Waals surface area contributed by atoms with Gasteiger partial charge in [-0.15, -0.1) is 0 Å². The molecule has 0 bridgehead atoms. The normalized spacial score (nSPS) is 21.2. The van der Waals surface area contributed by atoms with Crippen molar-refractivity contribution in [3.8, 4) is 0 Å². The number of aliphatic hydroxyl groups excluding tert-OH is 5. The molecule has 61 heavy (non-hydrogen) atoms. The number of allylic oxidation sites excluding steroid dienone is 1. The summed E-state index contributed by atoms with van der Waals surface area (Å²) in [4.78, 5) is 13.1. The third-order valence-corrected chi connectivity index (χ3v) is 12.4. The van der Waals surface area contributed by atoms with Gasteiger partial charge in [-0.1, -0.05) is 212 Å². The Bertz CT molecular complexity index is 1160. The van der Waals surface area contributed by atoms with E-state index in [1.165, 1.54) is 154 Å². The highest BCUT2D eigenvalue weighted by molar-refractivity contribution is 7.80.